The molecule has 5 heteroatoms. The van der Waals surface area contributed by atoms with Crippen molar-refractivity contribution in [1.82, 2.24) is 4.90 Å². The van der Waals surface area contributed by atoms with Crippen molar-refractivity contribution in [1.29, 1.82) is 0 Å². The summed E-state index contributed by atoms with van der Waals surface area (Å²) in [4.78, 5) is 24.0. The van der Waals surface area contributed by atoms with Crippen molar-refractivity contribution in [3.63, 3.8) is 0 Å². The van der Waals surface area contributed by atoms with Gasteiger partial charge in [0.25, 0.3) is 11.8 Å². The number of nitrogens with zero attached hydrogens (tertiary/aromatic N) is 1. The molecule has 1 aromatic rings. The maximum atomic E-state index is 11.4. The fraction of sp³-hybridized carbons (Fsp3) is 0.273. The van der Waals surface area contributed by atoms with Crippen molar-refractivity contribution >= 4 is 11.8 Å². The normalized spacial score (nSPS) is 16.6. The number of morpholine rings is 1. The third kappa shape index (κ3) is 2.20. The second-order valence-corrected chi connectivity index (χ2v) is 3.53. The molecular formula is C11H11NO4. The molecule has 1 aliphatic rings. The van der Waals surface area contributed by atoms with E-state index in [0.717, 1.165) is 10.5 Å². The van der Waals surface area contributed by atoms with Crippen LogP contribution < -0.4 is 0 Å². The van der Waals surface area contributed by atoms with Crippen molar-refractivity contribution in [2.24, 2.45) is 0 Å². The number of aromatic hydroxyl groups is 1. The lowest BCUT2D eigenvalue weighted by Crippen LogP contribution is -2.45. The monoisotopic (exact) mass is 221 g/mol. The molecule has 2 rings (SSSR count). The van der Waals surface area contributed by atoms with Gasteiger partial charge in [-0.1, -0.05) is 12.1 Å². The van der Waals surface area contributed by atoms with E-state index in [1.54, 1.807) is 12.1 Å². The van der Waals surface area contributed by atoms with Gasteiger partial charge in [-0.3, -0.25) is 14.5 Å². The molecule has 0 saturated carbocycles. The van der Waals surface area contributed by atoms with Crippen molar-refractivity contribution in [2.75, 3.05) is 13.2 Å². The zero-order valence-electron chi connectivity index (χ0n) is 8.55. The Kier molecular flexibility index (Phi) is 2.87. The number of carbonyl (C=O) groups is 2. The van der Waals surface area contributed by atoms with Gasteiger partial charge in [0.2, 0.25) is 0 Å². The highest BCUT2D eigenvalue weighted by Gasteiger charge is 2.26. The van der Waals surface area contributed by atoms with Crippen LogP contribution in [-0.4, -0.2) is 35.0 Å². The van der Waals surface area contributed by atoms with E-state index in [2.05, 4.69) is 0 Å². The Bertz CT molecular complexity index is 396. The van der Waals surface area contributed by atoms with E-state index in [1.807, 2.05) is 0 Å². The number of amides is 2. The quantitative estimate of drug-likeness (QED) is 0.728. The van der Waals surface area contributed by atoms with Crippen LogP contribution in [-0.2, 0) is 20.9 Å². The summed E-state index contributed by atoms with van der Waals surface area (Å²) in [7, 11) is 0. The number of imide groups is 1. The Morgan fingerprint density at radius 3 is 2.25 bits per heavy atom. The van der Waals surface area contributed by atoms with Crippen molar-refractivity contribution in [3.05, 3.63) is 29.8 Å². The third-order valence-corrected chi connectivity index (χ3v) is 2.33. The molecule has 0 bridgehead atoms. The summed E-state index contributed by atoms with van der Waals surface area (Å²) >= 11 is 0. The minimum Gasteiger partial charge on any atom is -0.508 e. The molecule has 1 aliphatic heterocycles. The number of rotatable bonds is 2. The van der Waals surface area contributed by atoms with Gasteiger partial charge in [0, 0.05) is 0 Å². The van der Waals surface area contributed by atoms with Crippen LogP contribution in [0.2, 0.25) is 0 Å². The van der Waals surface area contributed by atoms with E-state index in [4.69, 9.17) is 9.84 Å². The SMILES string of the molecule is O=C1COCC(=O)N1Cc1ccc(O)cc1. The molecule has 1 heterocycles. The van der Waals surface area contributed by atoms with Gasteiger partial charge in [-0.15, -0.1) is 0 Å². The Labute approximate surface area is 92.2 Å². The zero-order chi connectivity index (χ0) is 11.5. The van der Waals surface area contributed by atoms with E-state index in [-0.39, 0.29) is 37.3 Å². The number of benzene rings is 1. The molecule has 1 fully saturated rings. The average molecular weight is 221 g/mol. The first-order chi connectivity index (χ1) is 7.66. The molecule has 1 N–H and O–H groups in total. The first-order valence-corrected chi connectivity index (χ1v) is 4.85. The van der Waals surface area contributed by atoms with Crippen LogP contribution in [0.1, 0.15) is 5.56 Å². The molecule has 0 atom stereocenters. The standard InChI is InChI=1S/C11H11NO4/c13-9-3-1-8(2-4-9)5-12-10(14)6-16-7-11(12)15/h1-4,13H,5-7H2. The summed E-state index contributed by atoms with van der Waals surface area (Å²) in [5, 5.41) is 9.10. The van der Waals surface area contributed by atoms with Crippen LogP contribution in [0.5, 0.6) is 5.75 Å². The summed E-state index contributed by atoms with van der Waals surface area (Å²) in [6.45, 7) is 0.120. The molecule has 84 valence electrons. The Morgan fingerprint density at radius 1 is 1.12 bits per heavy atom. The van der Waals surface area contributed by atoms with Crippen molar-refractivity contribution < 1.29 is 19.4 Å². The number of hydrogen-bond donors (Lipinski definition) is 1. The minimum absolute atomic E-state index is 0.0518. The van der Waals surface area contributed by atoms with Gasteiger partial charge in [-0.25, -0.2) is 0 Å². The van der Waals surface area contributed by atoms with E-state index in [1.165, 1.54) is 12.1 Å². The van der Waals surface area contributed by atoms with Gasteiger partial charge in [-0.05, 0) is 17.7 Å². The van der Waals surface area contributed by atoms with Crippen molar-refractivity contribution in [3.8, 4) is 5.75 Å². The van der Waals surface area contributed by atoms with Gasteiger partial charge in [-0.2, -0.15) is 0 Å². The van der Waals surface area contributed by atoms with Gasteiger partial charge in [0.05, 0.1) is 6.54 Å². The Balaban J connectivity index is 2.10. The number of phenols is 1. The summed E-state index contributed by atoms with van der Waals surface area (Å²) in [5.74, 6) is -0.503. The zero-order valence-corrected chi connectivity index (χ0v) is 8.55. The smallest absolute Gasteiger partial charge is 0.255 e. The Morgan fingerprint density at radius 2 is 1.69 bits per heavy atom. The molecule has 2 amide bonds. The van der Waals surface area contributed by atoms with Crippen LogP contribution in [0, 0.1) is 0 Å². The molecule has 0 spiro atoms. The summed E-state index contributed by atoms with van der Waals surface area (Å²) < 4.78 is 4.80. The second kappa shape index (κ2) is 4.32. The molecule has 1 aromatic carbocycles. The second-order valence-electron chi connectivity index (χ2n) is 3.53. The van der Waals surface area contributed by atoms with Crippen molar-refractivity contribution in [2.45, 2.75) is 6.54 Å². The van der Waals surface area contributed by atoms with Crippen LogP contribution in [0.15, 0.2) is 24.3 Å². The third-order valence-electron chi connectivity index (χ3n) is 2.33. The molecule has 0 aliphatic carbocycles. The predicted molar refractivity (Wildman–Crippen MR) is 54.5 cm³/mol. The Hall–Kier alpha value is -1.88. The topological polar surface area (TPSA) is 66.8 Å². The molecule has 0 aromatic heterocycles. The lowest BCUT2D eigenvalue weighted by molar-refractivity contribution is -0.159. The summed E-state index contributed by atoms with van der Waals surface area (Å²) in [5.41, 5.74) is 0.793. The summed E-state index contributed by atoms with van der Waals surface area (Å²) in [6.07, 6.45) is 0. The van der Waals surface area contributed by atoms with Gasteiger partial charge < -0.3 is 9.84 Å². The molecular weight excluding hydrogens is 210 g/mol. The molecule has 5 nitrogen and oxygen atoms in total. The maximum Gasteiger partial charge on any atom is 0.255 e. The number of hydrogen-bond acceptors (Lipinski definition) is 4. The van der Waals surface area contributed by atoms with E-state index >= 15 is 0 Å². The van der Waals surface area contributed by atoms with E-state index in [0.29, 0.717) is 0 Å². The summed E-state index contributed by atoms with van der Waals surface area (Å²) in [6, 6.07) is 6.38. The predicted octanol–water partition coefficient (Wildman–Crippen LogP) is 0.278. The van der Waals surface area contributed by atoms with Crippen LogP contribution >= 0.6 is 0 Å². The highest BCUT2D eigenvalue weighted by atomic mass is 16.5. The maximum absolute atomic E-state index is 11.4. The van der Waals surface area contributed by atoms with Gasteiger partial charge in [0.15, 0.2) is 0 Å². The molecule has 16 heavy (non-hydrogen) atoms. The fourth-order valence-corrected chi connectivity index (χ4v) is 1.48. The molecule has 0 unspecified atom stereocenters. The van der Waals surface area contributed by atoms with Gasteiger partial charge >= 0.3 is 0 Å². The first-order valence-electron chi connectivity index (χ1n) is 4.85. The average Bonchev–Trinajstić information content (AvgIpc) is 2.26. The fourth-order valence-electron chi connectivity index (χ4n) is 1.48. The highest BCUT2D eigenvalue weighted by molar-refractivity contribution is 5.98. The largest absolute Gasteiger partial charge is 0.508 e. The van der Waals surface area contributed by atoms with Crippen LogP contribution in [0.3, 0.4) is 0 Å². The lowest BCUT2D eigenvalue weighted by Gasteiger charge is -2.24. The first kappa shape index (κ1) is 10.6. The van der Waals surface area contributed by atoms with Crippen LogP contribution in [0.4, 0.5) is 0 Å². The van der Waals surface area contributed by atoms with E-state index < -0.39 is 0 Å². The number of carbonyl (C=O) groups excluding carboxylic acids is 2. The van der Waals surface area contributed by atoms with Crippen LogP contribution in [0.25, 0.3) is 0 Å². The molecule has 1 saturated heterocycles. The highest BCUT2D eigenvalue weighted by Crippen LogP contribution is 2.13. The van der Waals surface area contributed by atoms with Gasteiger partial charge in [0.1, 0.15) is 19.0 Å². The number of phenolic OH excluding ortho intramolecular Hbond substituents is 1. The number of ether oxygens (including phenoxy) is 1. The minimum atomic E-state index is -0.329. The molecule has 0 radical (unpaired) electrons. The van der Waals surface area contributed by atoms with E-state index in [9.17, 15) is 9.59 Å². The lowest BCUT2D eigenvalue weighted by atomic mass is 10.2.